The molecule has 0 heterocycles. The lowest BCUT2D eigenvalue weighted by atomic mass is 9.92. The standard InChI is InChI=1S/C9H13Cl/c1-6-4-8(3)9(10)5-7(6)2/h5,8H,4H2,1-3H3. The molecule has 0 bridgehead atoms. The van der Waals surface area contributed by atoms with Gasteiger partial charge < -0.3 is 0 Å². The molecule has 0 saturated heterocycles. The van der Waals surface area contributed by atoms with Crippen LogP contribution in [0.25, 0.3) is 0 Å². The van der Waals surface area contributed by atoms with E-state index in [0.29, 0.717) is 5.92 Å². The Bertz CT molecular complexity index is 199. The molecule has 1 aliphatic carbocycles. The first-order valence-electron chi connectivity index (χ1n) is 3.64. The summed E-state index contributed by atoms with van der Waals surface area (Å²) >= 11 is 5.95. The molecule has 0 amide bonds. The van der Waals surface area contributed by atoms with E-state index in [2.05, 4.69) is 26.8 Å². The third-order valence-corrected chi connectivity index (χ3v) is 2.59. The van der Waals surface area contributed by atoms with E-state index < -0.39 is 0 Å². The highest BCUT2D eigenvalue weighted by atomic mass is 35.5. The van der Waals surface area contributed by atoms with Crippen molar-refractivity contribution in [1.29, 1.82) is 0 Å². The Kier molecular flexibility index (Phi) is 2.20. The van der Waals surface area contributed by atoms with Gasteiger partial charge in [-0.25, -0.2) is 0 Å². The molecule has 0 fully saturated rings. The van der Waals surface area contributed by atoms with Gasteiger partial charge in [0, 0.05) is 5.03 Å². The molecule has 1 rings (SSSR count). The lowest BCUT2D eigenvalue weighted by molar-refractivity contribution is 0.686. The fourth-order valence-electron chi connectivity index (χ4n) is 1.19. The second kappa shape index (κ2) is 2.79. The summed E-state index contributed by atoms with van der Waals surface area (Å²) in [6, 6.07) is 0. The molecule has 0 nitrogen and oxygen atoms in total. The molecule has 1 unspecified atom stereocenters. The summed E-state index contributed by atoms with van der Waals surface area (Å²) < 4.78 is 0. The van der Waals surface area contributed by atoms with Crippen LogP contribution >= 0.6 is 11.6 Å². The third-order valence-electron chi connectivity index (χ3n) is 2.11. The molecule has 0 aliphatic heterocycles. The van der Waals surface area contributed by atoms with Gasteiger partial charge in [0.15, 0.2) is 0 Å². The molecule has 0 radical (unpaired) electrons. The van der Waals surface area contributed by atoms with Crippen molar-refractivity contribution in [2.75, 3.05) is 0 Å². The highest BCUT2D eigenvalue weighted by Crippen LogP contribution is 2.30. The van der Waals surface area contributed by atoms with Crippen molar-refractivity contribution in [3.8, 4) is 0 Å². The fourth-order valence-corrected chi connectivity index (χ4v) is 1.43. The molecule has 0 N–H and O–H groups in total. The first-order valence-corrected chi connectivity index (χ1v) is 4.02. The molecule has 0 aromatic heterocycles. The van der Waals surface area contributed by atoms with E-state index in [1.807, 2.05) is 0 Å². The van der Waals surface area contributed by atoms with Crippen LogP contribution in [-0.2, 0) is 0 Å². The SMILES string of the molecule is CC1=C(C)CC(C)C(Cl)=C1. The van der Waals surface area contributed by atoms with E-state index in [9.17, 15) is 0 Å². The Balaban J connectivity index is 2.88. The Morgan fingerprint density at radius 3 is 2.60 bits per heavy atom. The van der Waals surface area contributed by atoms with E-state index in [-0.39, 0.29) is 0 Å². The monoisotopic (exact) mass is 156 g/mol. The molecular weight excluding hydrogens is 144 g/mol. The second-order valence-corrected chi connectivity index (χ2v) is 3.53. The van der Waals surface area contributed by atoms with Gasteiger partial charge in [-0.05, 0) is 32.3 Å². The highest BCUT2D eigenvalue weighted by molar-refractivity contribution is 6.30. The molecular formula is C9H13Cl. The average molecular weight is 157 g/mol. The first kappa shape index (κ1) is 7.87. The smallest absolute Gasteiger partial charge is 0.0215 e. The van der Waals surface area contributed by atoms with Gasteiger partial charge >= 0.3 is 0 Å². The van der Waals surface area contributed by atoms with Crippen LogP contribution in [0, 0.1) is 5.92 Å². The van der Waals surface area contributed by atoms with Gasteiger partial charge in [-0.1, -0.05) is 29.7 Å². The van der Waals surface area contributed by atoms with Crippen LogP contribution in [-0.4, -0.2) is 0 Å². The molecule has 56 valence electrons. The van der Waals surface area contributed by atoms with Crippen LogP contribution in [0.4, 0.5) is 0 Å². The maximum atomic E-state index is 5.95. The van der Waals surface area contributed by atoms with Gasteiger partial charge in [0.2, 0.25) is 0 Å². The van der Waals surface area contributed by atoms with Gasteiger partial charge in [-0.2, -0.15) is 0 Å². The van der Waals surface area contributed by atoms with Crippen LogP contribution < -0.4 is 0 Å². The van der Waals surface area contributed by atoms with Gasteiger partial charge in [-0.15, -0.1) is 0 Å². The molecule has 10 heavy (non-hydrogen) atoms. The minimum absolute atomic E-state index is 0.533. The fraction of sp³-hybridized carbons (Fsp3) is 0.556. The summed E-state index contributed by atoms with van der Waals surface area (Å²) in [7, 11) is 0. The van der Waals surface area contributed by atoms with E-state index >= 15 is 0 Å². The van der Waals surface area contributed by atoms with E-state index in [1.54, 1.807) is 0 Å². The Morgan fingerprint density at radius 2 is 2.10 bits per heavy atom. The van der Waals surface area contributed by atoms with Gasteiger partial charge in [-0.3, -0.25) is 0 Å². The Hall–Kier alpha value is -0.230. The third kappa shape index (κ3) is 1.43. The van der Waals surface area contributed by atoms with Crippen LogP contribution in [0.1, 0.15) is 27.2 Å². The van der Waals surface area contributed by atoms with Gasteiger partial charge in [0.25, 0.3) is 0 Å². The summed E-state index contributed by atoms with van der Waals surface area (Å²) in [6.45, 7) is 6.45. The summed E-state index contributed by atoms with van der Waals surface area (Å²) in [5, 5.41) is 1.00. The molecule has 1 aliphatic rings. The summed E-state index contributed by atoms with van der Waals surface area (Å²) in [4.78, 5) is 0. The lowest BCUT2D eigenvalue weighted by Crippen LogP contribution is -2.02. The van der Waals surface area contributed by atoms with Crippen LogP contribution in [0.2, 0.25) is 0 Å². The largest absolute Gasteiger partial charge is 0.0888 e. The molecule has 0 aromatic carbocycles. The first-order chi connectivity index (χ1) is 4.61. The average Bonchev–Trinajstić information content (AvgIpc) is 1.84. The summed E-state index contributed by atoms with van der Waals surface area (Å²) in [5.41, 5.74) is 2.81. The van der Waals surface area contributed by atoms with Crippen LogP contribution in [0.15, 0.2) is 22.3 Å². The second-order valence-electron chi connectivity index (χ2n) is 3.10. The predicted molar refractivity (Wildman–Crippen MR) is 46.1 cm³/mol. The molecule has 1 atom stereocenters. The zero-order valence-electron chi connectivity index (χ0n) is 6.74. The van der Waals surface area contributed by atoms with Crippen molar-refractivity contribution in [3.05, 3.63) is 22.3 Å². The minimum Gasteiger partial charge on any atom is -0.0888 e. The molecule has 0 aromatic rings. The number of hydrogen-bond donors (Lipinski definition) is 0. The van der Waals surface area contributed by atoms with E-state index in [1.165, 1.54) is 11.1 Å². The number of halogens is 1. The van der Waals surface area contributed by atoms with Crippen molar-refractivity contribution < 1.29 is 0 Å². The van der Waals surface area contributed by atoms with Gasteiger partial charge in [0.1, 0.15) is 0 Å². The number of allylic oxidation sites excluding steroid dienone is 4. The number of rotatable bonds is 0. The van der Waals surface area contributed by atoms with Crippen LogP contribution in [0.5, 0.6) is 0 Å². The van der Waals surface area contributed by atoms with Crippen molar-refractivity contribution in [2.45, 2.75) is 27.2 Å². The quantitative estimate of drug-likeness (QED) is 0.504. The van der Waals surface area contributed by atoms with Crippen molar-refractivity contribution >= 4 is 11.6 Å². The highest BCUT2D eigenvalue weighted by Gasteiger charge is 2.12. The number of hydrogen-bond acceptors (Lipinski definition) is 0. The maximum absolute atomic E-state index is 5.95. The zero-order chi connectivity index (χ0) is 7.72. The van der Waals surface area contributed by atoms with E-state index in [0.717, 1.165) is 11.5 Å². The van der Waals surface area contributed by atoms with Crippen molar-refractivity contribution in [1.82, 2.24) is 0 Å². The minimum atomic E-state index is 0.533. The van der Waals surface area contributed by atoms with Gasteiger partial charge in [0.05, 0.1) is 0 Å². The Morgan fingerprint density at radius 1 is 1.50 bits per heavy atom. The Labute approximate surface area is 67.6 Å². The molecule has 1 heteroatoms. The molecule has 0 saturated carbocycles. The van der Waals surface area contributed by atoms with Crippen molar-refractivity contribution in [3.63, 3.8) is 0 Å². The van der Waals surface area contributed by atoms with Crippen LogP contribution in [0.3, 0.4) is 0 Å². The molecule has 0 spiro atoms. The topological polar surface area (TPSA) is 0 Å². The van der Waals surface area contributed by atoms with E-state index in [4.69, 9.17) is 11.6 Å². The predicted octanol–water partition coefficient (Wildman–Crippen LogP) is 3.49. The zero-order valence-corrected chi connectivity index (χ0v) is 7.50. The summed E-state index contributed by atoms with van der Waals surface area (Å²) in [6.07, 6.45) is 3.20. The summed E-state index contributed by atoms with van der Waals surface area (Å²) in [5.74, 6) is 0.533. The normalized spacial score (nSPS) is 26.8. The lowest BCUT2D eigenvalue weighted by Gasteiger charge is -2.17. The maximum Gasteiger partial charge on any atom is 0.0215 e. The van der Waals surface area contributed by atoms with Crippen molar-refractivity contribution in [2.24, 2.45) is 5.92 Å².